The van der Waals surface area contributed by atoms with Crippen LogP contribution in [0.25, 0.3) is 11.3 Å². The zero-order chi connectivity index (χ0) is 18.4. The predicted octanol–water partition coefficient (Wildman–Crippen LogP) is 4.11. The first kappa shape index (κ1) is 24.4. The molecule has 5 nitrogen and oxygen atoms in total. The van der Waals surface area contributed by atoms with Crippen LogP contribution in [-0.4, -0.2) is 42.0 Å². The van der Waals surface area contributed by atoms with E-state index in [1.807, 2.05) is 4.90 Å². The molecule has 2 heterocycles. The number of rotatable bonds is 7. The molecule has 1 fully saturated rings. The minimum absolute atomic E-state index is 0. The van der Waals surface area contributed by atoms with Crippen molar-refractivity contribution in [3.8, 4) is 11.3 Å². The Labute approximate surface area is 177 Å². The third-order valence-electron chi connectivity index (χ3n) is 4.90. The summed E-state index contributed by atoms with van der Waals surface area (Å²) in [5.74, 6) is 1.33. The molecular formula is C20H28Cl2FN3O2. The van der Waals surface area contributed by atoms with Crippen molar-refractivity contribution in [1.29, 1.82) is 0 Å². The molecule has 156 valence electrons. The summed E-state index contributed by atoms with van der Waals surface area (Å²) in [6.45, 7) is 5.78. The standard InChI is InChI=1S/C20H26FN3O2.2ClH/c1-2-22-13-15-9-11-24(12-10-15)20(25)8-7-19-23-14-18(26-19)16-5-3-4-6-17(16)21;;/h3-6,14-15,22H,2,7-13H2,1H3;2*1H. The van der Waals surface area contributed by atoms with Crippen molar-refractivity contribution in [3.05, 3.63) is 42.2 Å². The van der Waals surface area contributed by atoms with Crippen LogP contribution in [-0.2, 0) is 11.2 Å². The fraction of sp³-hybridized carbons (Fsp3) is 0.500. The number of carbonyl (C=O) groups excluding carboxylic acids is 1. The first-order chi connectivity index (χ1) is 12.7. The summed E-state index contributed by atoms with van der Waals surface area (Å²) in [5.41, 5.74) is 0.389. The molecule has 1 aromatic heterocycles. The highest BCUT2D eigenvalue weighted by molar-refractivity contribution is 5.85. The van der Waals surface area contributed by atoms with Crippen LogP contribution < -0.4 is 5.32 Å². The van der Waals surface area contributed by atoms with Gasteiger partial charge in [0.15, 0.2) is 11.7 Å². The highest BCUT2D eigenvalue weighted by Gasteiger charge is 2.22. The van der Waals surface area contributed by atoms with E-state index in [1.165, 1.54) is 12.3 Å². The summed E-state index contributed by atoms with van der Waals surface area (Å²) < 4.78 is 19.4. The van der Waals surface area contributed by atoms with Crippen LogP contribution in [0.4, 0.5) is 4.39 Å². The molecule has 1 aliphatic heterocycles. The SMILES string of the molecule is CCNCC1CCN(C(=O)CCc2ncc(-c3ccccc3F)o2)CC1.Cl.Cl. The number of piperidine rings is 1. The van der Waals surface area contributed by atoms with Crippen LogP contribution in [0.3, 0.4) is 0 Å². The van der Waals surface area contributed by atoms with E-state index in [2.05, 4.69) is 17.2 Å². The normalized spacial score (nSPS) is 14.3. The molecular weight excluding hydrogens is 404 g/mol. The van der Waals surface area contributed by atoms with Gasteiger partial charge in [0.25, 0.3) is 0 Å². The predicted molar refractivity (Wildman–Crippen MR) is 113 cm³/mol. The molecule has 0 radical (unpaired) electrons. The largest absolute Gasteiger partial charge is 0.441 e. The number of likely N-dealkylation sites (tertiary alicyclic amines) is 1. The Balaban J connectivity index is 0.00000196. The second-order valence-electron chi connectivity index (χ2n) is 6.73. The average Bonchev–Trinajstić information content (AvgIpc) is 3.14. The van der Waals surface area contributed by atoms with Gasteiger partial charge in [-0.05, 0) is 44.0 Å². The lowest BCUT2D eigenvalue weighted by molar-refractivity contribution is -0.132. The highest BCUT2D eigenvalue weighted by atomic mass is 35.5. The Hall–Kier alpha value is -1.63. The first-order valence-corrected chi connectivity index (χ1v) is 9.35. The van der Waals surface area contributed by atoms with Crippen LogP contribution in [0.1, 0.15) is 32.1 Å². The first-order valence-electron chi connectivity index (χ1n) is 9.35. The zero-order valence-electron chi connectivity index (χ0n) is 16.0. The lowest BCUT2D eigenvalue weighted by Crippen LogP contribution is -2.40. The van der Waals surface area contributed by atoms with Gasteiger partial charge in [-0.1, -0.05) is 19.1 Å². The van der Waals surface area contributed by atoms with Crippen LogP contribution in [0.15, 0.2) is 34.9 Å². The minimum atomic E-state index is -0.341. The van der Waals surface area contributed by atoms with Gasteiger partial charge in [0, 0.05) is 25.9 Å². The molecule has 1 N–H and O–H groups in total. The maximum atomic E-state index is 13.8. The number of amides is 1. The third kappa shape index (κ3) is 6.47. The molecule has 0 bridgehead atoms. The van der Waals surface area contributed by atoms with Crippen LogP contribution in [0.2, 0.25) is 0 Å². The Bertz CT molecular complexity index is 734. The topological polar surface area (TPSA) is 58.4 Å². The lowest BCUT2D eigenvalue weighted by atomic mass is 9.96. The minimum Gasteiger partial charge on any atom is -0.441 e. The quantitative estimate of drug-likeness (QED) is 0.716. The van der Waals surface area contributed by atoms with E-state index in [9.17, 15) is 9.18 Å². The average molecular weight is 432 g/mol. The molecule has 3 rings (SSSR count). The van der Waals surface area contributed by atoms with Gasteiger partial charge in [0.1, 0.15) is 5.82 Å². The van der Waals surface area contributed by atoms with E-state index in [0.717, 1.165) is 39.0 Å². The number of halogens is 3. The molecule has 1 saturated heterocycles. The fourth-order valence-corrected chi connectivity index (χ4v) is 3.32. The number of nitrogens with one attached hydrogen (secondary N) is 1. The van der Waals surface area contributed by atoms with Crippen molar-refractivity contribution in [3.63, 3.8) is 0 Å². The van der Waals surface area contributed by atoms with Gasteiger partial charge in [0.2, 0.25) is 5.91 Å². The molecule has 0 saturated carbocycles. The summed E-state index contributed by atoms with van der Waals surface area (Å²) in [6.07, 6.45) is 4.43. The Kier molecular flexibility index (Phi) is 10.5. The molecule has 0 atom stereocenters. The van der Waals surface area contributed by atoms with Gasteiger partial charge in [-0.2, -0.15) is 0 Å². The number of hydrogen-bond donors (Lipinski definition) is 1. The summed E-state index contributed by atoms with van der Waals surface area (Å²) in [6, 6.07) is 6.43. The van der Waals surface area contributed by atoms with E-state index in [-0.39, 0.29) is 36.5 Å². The van der Waals surface area contributed by atoms with E-state index >= 15 is 0 Å². The summed E-state index contributed by atoms with van der Waals surface area (Å²) >= 11 is 0. The lowest BCUT2D eigenvalue weighted by Gasteiger charge is -2.32. The van der Waals surface area contributed by atoms with Crippen LogP contribution >= 0.6 is 24.8 Å². The summed E-state index contributed by atoms with van der Waals surface area (Å²) in [7, 11) is 0. The van der Waals surface area contributed by atoms with Crippen LogP contribution in [0.5, 0.6) is 0 Å². The monoisotopic (exact) mass is 431 g/mol. The van der Waals surface area contributed by atoms with E-state index in [1.54, 1.807) is 18.2 Å². The molecule has 0 spiro atoms. The third-order valence-corrected chi connectivity index (χ3v) is 4.90. The number of oxazole rings is 1. The van der Waals surface area contributed by atoms with Gasteiger partial charge in [0.05, 0.1) is 11.8 Å². The molecule has 1 aromatic carbocycles. The second-order valence-corrected chi connectivity index (χ2v) is 6.73. The van der Waals surface area contributed by atoms with Crippen molar-refractivity contribution in [2.45, 2.75) is 32.6 Å². The van der Waals surface area contributed by atoms with Crippen molar-refractivity contribution < 1.29 is 13.6 Å². The van der Waals surface area contributed by atoms with Crippen molar-refractivity contribution >= 4 is 30.7 Å². The summed E-state index contributed by atoms with van der Waals surface area (Å²) in [4.78, 5) is 18.5. The number of aromatic nitrogens is 1. The molecule has 1 amide bonds. The maximum Gasteiger partial charge on any atom is 0.223 e. The van der Waals surface area contributed by atoms with Crippen molar-refractivity contribution in [2.75, 3.05) is 26.2 Å². The van der Waals surface area contributed by atoms with Gasteiger partial charge in [-0.15, -0.1) is 24.8 Å². The van der Waals surface area contributed by atoms with E-state index in [4.69, 9.17) is 4.42 Å². The number of aryl methyl sites for hydroxylation is 1. The van der Waals surface area contributed by atoms with Gasteiger partial charge >= 0.3 is 0 Å². The Morgan fingerprint density at radius 2 is 2.00 bits per heavy atom. The zero-order valence-corrected chi connectivity index (χ0v) is 17.7. The smallest absolute Gasteiger partial charge is 0.223 e. The van der Waals surface area contributed by atoms with Gasteiger partial charge in [-0.3, -0.25) is 4.79 Å². The number of hydrogen-bond acceptors (Lipinski definition) is 4. The fourth-order valence-electron chi connectivity index (χ4n) is 3.32. The molecule has 28 heavy (non-hydrogen) atoms. The summed E-state index contributed by atoms with van der Waals surface area (Å²) in [5, 5.41) is 3.38. The Morgan fingerprint density at radius 1 is 1.29 bits per heavy atom. The van der Waals surface area contributed by atoms with Crippen molar-refractivity contribution in [2.24, 2.45) is 5.92 Å². The van der Waals surface area contributed by atoms with Crippen LogP contribution in [0, 0.1) is 11.7 Å². The van der Waals surface area contributed by atoms with E-state index < -0.39 is 0 Å². The van der Waals surface area contributed by atoms with Gasteiger partial charge < -0.3 is 14.6 Å². The van der Waals surface area contributed by atoms with E-state index in [0.29, 0.717) is 36.0 Å². The Morgan fingerprint density at radius 3 is 2.68 bits per heavy atom. The highest BCUT2D eigenvalue weighted by Crippen LogP contribution is 2.24. The van der Waals surface area contributed by atoms with Gasteiger partial charge in [-0.25, -0.2) is 9.37 Å². The maximum absolute atomic E-state index is 13.8. The number of nitrogens with zero attached hydrogens (tertiary/aromatic N) is 2. The second kappa shape index (κ2) is 12.0. The molecule has 2 aromatic rings. The number of carbonyl (C=O) groups is 1. The van der Waals surface area contributed by atoms with Crippen molar-refractivity contribution in [1.82, 2.24) is 15.2 Å². The molecule has 0 aliphatic carbocycles. The number of benzene rings is 1. The molecule has 1 aliphatic rings. The molecule has 8 heteroatoms. The molecule has 0 unspecified atom stereocenters.